The van der Waals surface area contributed by atoms with Gasteiger partial charge < -0.3 is 10.6 Å². The maximum absolute atomic E-state index is 12.6. The van der Waals surface area contributed by atoms with Crippen molar-refractivity contribution >= 4 is 27.5 Å². The Kier molecular flexibility index (Phi) is 4.31. The maximum atomic E-state index is 12.6. The monoisotopic (exact) mass is 324 g/mol. The molecule has 3 nitrogen and oxygen atoms in total. The summed E-state index contributed by atoms with van der Waals surface area (Å²) in [5, 5.41) is 6.39. The molecule has 19 heavy (non-hydrogen) atoms. The van der Waals surface area contributed by atoms with Gasteiger partial charge >= 0.3 is 0 Å². The lowest BCUT2D eigenvalue weighted by molar-refractivity contribution is -0.126. The summed E-state index contributed by atoms with van der Waals surface area (Å²) in [5.41, 5.74) is 1.72. The number of amides is 1. The molecule has 1 aromatic carbocycles. The molecule has 4 heteroatoms. The van der Waals surface area contributed by atoms with Gasteiger partial charge in [0.05, 0.1) is 5.41 Å². The number of hydrogen-bond acceptors (Lipinski definition) is 2. The van der Waals surface area contributed by atoms with E-state index in [1.165, 1.54) is 0 Å². The molecule has 1 fully saturated rings. The summed E-state index contributed by atoms with van der Waals surface area (Å²) < 4.78 is 0.992. The molecule has 2 rings (SSSR count). The highest BCUT2D eigenvalue weighted by molar-refractivity contribution is 9.10. The second-order valence-corrected chi connectivity index (χ2v) is 6.62. The second kappa shape index (κ2) is 5.63. The Hall–Kier alpha value is -0.870. The smallest absolute Gasteiger partial charge is 0.232 e. The summed E-state index contributed by atoms with van der Waals surface area (Å²) in [7, 11) is 0. The molecule has 1 saturated heterocycles. The van der Waals surface area contributed by atoms with Crippen molar-refractivity contribution in [2.75, 3.05) is 18.4 Å². The highest BCUT2D eigenvalue weighted by Gasteiger charge is 2.43. The lowest BCUT2D eigenvalue weighted by Crippen LogP contribution is -2.42. The van der Waals surface area contributed by atoms with Crippen LogP contribution in [0.15, 0.2) is 22.7 Å². The molecule has 1 atom stereocenters. The third kappa shape index (κ3) is 3.00. The second-order valence-electron chi connectivity index (χ2n) is 5.71. The number of carbonyl (C=O) groups excluding carboxylic acids is 1. The van der Waals surface area contributed by atoms with Gasteiger partial charge in [-0.05, 0) is 49.6 Å². The Morgan fingerprint density at radius 1 is 1.42 bits per heavy atom. The molecule has 1 heterocycles. The Morgan fingerprint density at radius 3 is 2.68 bits per heavy atom. The standard InChI is InChI=1S/C15H21BrN2O/c1-10(2)15(4-5-17-9-15)14(19)18-13-7-11(3)6-12(16)8-13/h6-8,10,17H,4-5,9H2,1-3H3,(H,18,19). The van der Waals surface area contributed by atoms with E-state index >= 15 is 0 Å². The van der Waals surface area contributed by atoms with Gasteiger partial charge in [0.25, 0.3) is 0 Å². The van der Waals surface area contributed by atoms with Crippen molar-refractivity contribution in [1.82, 2.24) is 5.32 Å². The number of benzene rings is 1. The van der Waals surface area contributed by atoms with Crippen molar-refractivity contribution in [3.8, 4) is 0 Å². The van der Waals surface area contributed by atoms with Crippen molar-refractivity contribution in [3.63, 3.8) is 0 Å². The summed E-state index contributed by atoms with van der Waals surface area (Å²) in [6, 6.07) is 5.98. The van der Waals surface area contributed by atoms with Crippen molar-refractivity contribution in [2.45, 2.75) is 27.2 Å². The summed E-state index contributed by atoms with van der Waals surface area (Å²) in [5.74, 6) is 0.459. The third-order valence-corrected chi connectivity index (χ3v) is 4.50. The number of rotatable bonds is 3. The van der Waals surface area contributed by atoms with Gasteiger partial charge in [-0.15, -0.1) is 0 Å². The molecule has 0 aromatic heterocycles. The first kappa shape index (κ1) is 14.5. The molecular formula is C15H21BrN2O. The summed E-state index contributed by atoms with van der Waals surface area (Å²) in [6.45, 7) is 7.96. The predicted octanol–water partition coefficient (Wildman–Crippen LogP) is 3.33. The number of hydrogen-bond donors (Lipinski definition) is 2. The molecule has 0 radical (unpaired) electrons. The molecular weight excluding hydrogens is 304 g/mol. The van der Waals surface area contributed by atoms with E-state index in [-0.39, 0.29) is 11.3 Å². The van der Waals surface area contributed by atoms with Gasteiger partial charge in [0.2, 0.25) is 5.91 Å². The molecule has 1 aliphatic rings. The molecule has 1 aromatic rings. The summed E-state index contributed by atoms with van der Waals surface area (Å²) >= 11 is 3.47. The molecule has 0 bridgehead atoms. The first-order valence-corrected chi connectivity index (χ1v) is 7.53. The summed E-state index contributed by atoms with van der Waals surface area (Å²) in [4.78, 5) is 12.6. The van der Waals surface area contributed by atoms with Crippen LogP contribution in [0.4, 0.5) is 5.69 Å². The van der Waals surface area contributed by atoms with Crippen molar-refractivity contribution in [3.05, 3.63) is 28.2 Å². The number of carbonyl (C=O) groups is 1. The predicted molar refractivity (Wildman–Crippen MR) is 82.3 cm³/mol. The molecule has 0 saturated carbocycles. The van der Waals surface area contributed by atoms with Crippen LogP contribution in [0.25, 0.3) is 0 Å². The SMILES string of the molecule is Cc1cc(Br)cc(NC(=O)C2(C(C)C)CCNC2)c1. The summed E-state index contributed by atoms with van der Waals surface area (Å²) in [6.07, 6.45) is 0.906. The zero-order chi connectivity index (χ0) is 14.0. The zero-order valence-electron chi connectivity index (χ0n) is 11.7. The Bertz CT molecular complexity index is 459. The Morgan fingerprint density at radius 2 is 2.16 bits per heavy atom. The number of anilines is 1. The lowest BCUT2D eigenvalue weighted by Gasteiger charge is -2.31. The van der Waals surface area contributed by atoms with E-state index in [0.29, 0.717) is 5.92 Å². The van der Waals surface area contributed by atoms with E-state index in [1.807, 2.05) is 25.1 Å². The quantitative estimate of drug-likeness (QED) is 0.895. The molecule has 1 amide bonds. The minimum atomic E-state index is -0.282. The molecule has 2 N–H and O–H groups in total. The van der Waals surface area contributed by atoms with Gasteiger partial charge in [0.1, 0.15) is 0 Å². The van der Waals surface area contributed by atoms with Gasteiger partial charge in [-0.3, -0.25) is 4.79 Å². The van der Waals surface area contributed by atoms with Crippen LogP contribution < -0.4 is 10.6 Å². The highest BCUT2D eigenvalue weighted by atomic mass is 79.9. The van der Waals surface area contributed by atoms with E-state index in [1.54, 1.807) is 0 Å². The van der Waals surface area contributed by atoms with Gasteiger partial charge in [0.15, 0.2) is 0 Å². The molecule has 0 spiro atoms. The lowest BCUT2D eigenvalue weighted by atomic mass is 9.75. The zero-order valence-corrected chi connectivity index (χ0v) is 13.3. The van der Waals surface area contributed by atoms with Crippen LogP contribution in [0.2, 0.25) is 0 Å². The van der Waals surface area contributed by atoms with Crippen LogP contribution in [0.3, 0.4) is 0 Å². The largest absolute Gasteiger partial charge is 0.326 e. The van der Waals surface area contributed by atoms with Crippen LogP contribution >= 0.6 is 15.9 Å². The number of halogens is 1. The van der Waals surface area contributed by atoms with Crippen molar-refractivity contribution in [2.24, 2.45) is 11.3 Å². The van der Waals surface area contributed by atoms with Gasteiger partial charge in [-0.25, -0.2) is 0 Å². The highest BCUT2D eigenvalue weighted by Crippen LogP contribution is 2.35. The topological polar surface area (TPSA) is 41.1 Å². The van der Waals surface area contributed by atoms with Crippen LogP contribution in [0.1, 0.15) is 25.8 Å². The average Bonchev–Trinajstić information content (AvgIpc) is 2.77. The van der Waals surface area contributed by atoms with E-state index in [9.17, 15) is 4.79 Å². The van der Waals surface area contributed by atoms with Crippen LogP contribution in [-0.2, 0) is 4.79 Å². The average molecular weight is 325 g/mol. The maximum Gasteiger partial charge on any atom is 0.232 e. The fourth-order valence-electron chi connectivity index (χ4n) is 2.72. The third-order valence-electron chi connectivity index (χ3n) is 4.05. The number of nitrogens with one attached hydrogen (secondary N) is 2. The van der Waals surface area contributed by atoms with Gasteiger partial charge in [-0.2, -0.15) is 0 Å². The molecule has 1 aliphatic heterocycles. The van der Waals surface area contributed by atoms with Crippen molar-refractivity contribution < 1.29 is 4.79 Å². The molecule has 0 aliphatic carbocycles. The minimum absolute atomic E-state index is 0.130. The fraction of sp³-hybridized carbons (Fsp3) is 0.533. The van der Waals surface area contributed by atoms with Crippen LogP contribution in [0.5, 0.6) is 0 Å². The minimum Gasteiger partial charge on any atom is -0.326 e. The molecule has 1 unspecified atom stereocenters. The van der Waals surface area contributed by atoms with Crippen LogP contribution in [-0.4, -0.2) is 19.0 Å². The Labute approximate surface area is 123 Å². The van der Waals surface area contributed by atoms with E-state index < -0.39 is 0 Å². The van der Waals surface area contributed by atoms with E-state index in [0.717, 1.165) is 35.2 Å². The first-order valence-electron chi connectivity index (χ1n) is 6.73. The number of aryl methyl sites for hydroxylation is 1. The van der Waals surface area contributed by atoms with Gasteiger partial charge in [-0.1, -0.05) is 29.8 Å². The van der Waals surface area contributed by atoms with Crippen LogP contribution in [0, 0.1) is 18.3 Å². The first-order chi connectivity index (χ1) is 8.94. The van der Waals surface area contributed by atoms with Gasteiger partial charge in [0, 0.05) is 16.7 Å². The van der Waals surface area contributed by atoms with E-state index in [2.05, 4.69) is 40.4 Å². The fourth-order valence-corrected chi connectivity index (χ4v) is 3.33. The normalized spacial score (nSPS) is 22.8. The van der Waals surface area contributed by atoms with Crippen molar-refractivity contribution in [1.29, 1.82) is 0 Å². The van der Waals surface area contributed by atoms with E-state index in [4.69, 9.17) is 0 Å². The Balaban J connectivity index is 2.20. The molecule has 104 valence electrons.